The molecule has 1 atom stereocenters. The molecule has 0 unspecified atom stereocenters. The number of hydrogen-bond acceptors (Lipinski definition) is 7. The average Bonchev–Trinajstić information content (AvgIpc) is 2.76. The Morgan fingerprint density at radius 2 is 1.79 bits per heavy atom. The predicted octanol–water partition coefficient (Wildman–Crippen LogP) is 5.27. The van der Waals surface area contributed by atoms with Crippen LogP contribution >= 0.6 is 11.8 Å². The minimum absolute atomic E-state index is 0.0807. The molecule has 1 heterocycles. The molecule has 0 radical (unpaired) electrons. The van der Waals surface area contributed by atoms with Crippen molar-refractivity contribution in [3.63, 3.8) is 0 Å². The third-order valence-corrected chi connectivity index (χ3v) is 5.81. The Morgan fingerprint density at radius 1 is 1.06 bits per heavy atom. The van der Waals surface area contributed by atoms with Gasteiger partial charge in [-0.2, -0.15) is 13.2 Å². The fourth-order valence-electron chi connectivity index (χ4n) is 2.97. The van der Waals surface area contributed by atoms with E-state index in [1.807, 2.05) is 32.0 Å². The van der Waals surface area contributed by atoms with Crippen molar-refractivity contribution < 1.29 is 41.6 Å². The zero-order valence-corrected chi connectivity index (χ0v) is 19.4. The number of aryl methyl sites for hydroxylation is 1. The van der Waals surface area contributed by atoms with Gasteiger partial charge in [-0.1, -0.05) is 0 Å². The largest absolute Gasteiger partial charge is 0.491 e. The van der Waals surface area contributed by atoms with Crippen LogP contribution < -0.4 is 9.47 Å². The molecule has 0 amide bonds. The molecule has 2 aromatic carbocycles. The summed E-state index contributed by atoms with van der Waals surface area (Å²) in [6, 6.07) is 10.4. The van der Waals surface area contributed by atoms with Crippen molar-refractivity contribution >= 4 is 11.8 Å². The Morgan fingerprint density at radius 3 is 2.39 bits per heavy atom. The quantitative estimate of drug-likeness (QED) is 0.298. The number of alkyl halides is 3. The SMILES string of the molecule is COCO[C@@H](COc1ccc(C(F)(F)F)cc1)CSc1ccc(OCC2OC(C)O2)c(C)c1. The van der Waals surface area contributed by atoms with Gasteiger partial charge in [0, 0.05) is 17.8 Å². The van der Waals surface area contributed by atoms with Crippen LogP contribution in [-0.4, -0.2) is 51.6 Å². The normalized spacial score (nSPS) is 19.1. The molecule has 0 saturated carbocycles. The molecule has 10 heteroatoms. The van der Waals surface area contributed by atoms with Crippen LogP contribution in [0.2, 0.25) is 0 Å². The van der Waals surface area contributed by atoms with E-state index in [4.69, 9.17) is 28.4 Å². The van der Waals surface area contributed by atoms with Crippen molar-refractivity contribution in [2.45, 2.75) is 43.6 Å². The van der Waals surface area contributed by atoms with E-state index in [2.05, 4.69) is 0 Å². The number of ether oxygens (including phenoxy) is 6. The van der Waals surface area contributed by atoms with Crippen molar-refractivity contribution in [3.8, 4) is 11.5 Å². The molecule has 0 aliphatic carbocycles. The van der Waals surface area contributed by atoms with Gasteiger partial charge in [0.25, 0.3) is 0 Å². The lowest BCUT2D eigenvalue weighted by molar-refractivity contribution is -0.380. The van der Waals surface area contributed by atoms with E-state index in [0.717, 1.165) is 28.3 Å². The lowest BCUT2D eigenvalue weighted by Gasteiger charge is -2.33. The summed E-state index contributed by atoms with van der Waals surface area (Å²) in [7, 11) is 1.52. The maximum Gasteiger partial charge on any atom is 0.416 e. The first kappa shape index (κ1) is 25.6. The molecule has 6 nitrogen and oxygen atoms in total. The van der Waals surface area contributed by atoms with Crippen LogP contribution in [0.4, 0.5) is 13.2 Å². The third kappa shape index (κ3) is 8.08. The highest BCUT2D eigenvalue weighted by Crippen LogP contribution is 2.31. The summed E-state index contributed by atoms with van der Waals surface area (Å²) in [5.41, 5.74) is 0.255. The number of benzene rings is 2. The zero-order chi connectivity index (χ0) is 23.8. The molecule has 0 spiro atoms. The lowest BCUT2D eigenvalue weighted by Crippen LogP contribution is -2.42. The third-order valence-electron chi connectivity index (χ3n) is 4.68. The number of rotatable bonds is 12. The highest BCUT2D eigenvalue weighted by Gasteiger charge is 2.30. The average molecular weight is 489 g/mol. The molecular formula is C23H27F3O6S. The van der Waals surface area contributed by atoms with E-state index >= 15 is 0 Å². The van der Waals surface area contributed by atoms with Crippen molar-refractivity contribution in [1.29, 1.82) is 0 Å². The zero-order valence-electron chi connectivity index (χ0n) is 18.6. The number of hydrogen-bond donors (Lipinski definition) is 0. The second-order valence-electron chi connectivity index (χ2n) is 7.35. The van der Waals surface area contributed by atoms with Crippen LogP contribution in [0.5, 0.6) is 11.5 Å². The first-order valence-corrected chi connectivity index (χ1v) is 11.3. The van der Waals surface area contributed by atoms with Crippen LogP contribution in [0.3, 0.4) is 0 Å². The van der Waals surface area contributed by atoms with Gasteiger partial charge < -0.3 is 28.4 Å². The van der Waals surface area contributed by atoms with E-state index < -0.39 is 11.7 Å². The Balaban J connectivity index is 1.49. The number of halogens is 3. The van der Waals surface area contributed by atoms with E-state index in [1.54, 1.807) is 11.8 Å². The monoisotopic (exact) mass is 488 g/mol. The Labute approximate surface area is 195 Å². The fraction of sp³-hybridized carbons (Fsp3) is 0.478. The summed E-state index contributed by atoms with van der Waals surface area (Å²) >= 11 is 1.57. The molecule has 0 bridgehead atoms. The van der Waals surface area contributed by atoms with Gasteiger partial charge in [-0.25, -0.2) is 0 Å². The molecule has 1 saturated heterocycles. The molecule has 1 aliphatic rings. The number of methoxy groups -OCH3 is 1. The molecule has 1 aliphatic heterocycles. The predicted molar refractivity (Wildman–Crippen MR) is 117 cm³/mol. The summed E-state index contributed by atoms with van der Waals surface area (Å²) < 4.78 is 70.9. The van der Waals surface area contributed by atoms with Gasteiger partial charge in [0.15, 0.2) is 12.6 Å². The Kier molecular flexibility index (Phi) is 9.27. The molecule has 2 aromatic rings. The highest BCUT2D eigenvalue weighted by molar-refractivity contribution is 7.99. The van der Waals surface area contributed by atoms with E-state index in [9.17, 15) is 13.2 Å². The van der Waals surface area contributed by atoms with Crippen molar-refractivity contribution in [1.82, 2.24) is 0 Å². The van der Waals surface area contributed by atoms with Crippen molar-refractivity contribution in [3.05, 3.63) is 53.6 Å². The van der Waals surface area contributed by atoms with Gasteiger partial charge >= 0.3 is 6.18 Å². The molecule has 1 fully saturated rings. The van der Waals surface area contributed by atoms with Crippen molar-refractivity contribution in [2.75, 3.05) is 32.9 Å². The first-order valence-electron chi connectivity index (χ1n) is 10.3. The van der Waals surface area contributed by atoms with Gasteiger partial charge in [-0.05, 0) is 61.9 Å². The fourth-order valence-corrected chi connectivity index (χ4v) is 3.97. The minimum atomic E-state index is -4.38. The van der Waals surface area contributed by atoms with Gasteiger partial charge in [-0.15, -0.1) is 11.8 Å². The summed E-state index contributed by atoms with van der Waals surface area (Å²) in [5.74, 6) is 1.65. The molecular weight excluding hydrogens is 461 g/mol. The summed E-state index contributed by atoms with van der Waals surface area (Å²) in [6.45, 7) is 4.36. The molecule has 0 N–H and O–H groups in total. The van der Waals surface area contributed by atoms with Crippen LogP contribution in [0, 0.1) is 6.92 Å². The topological polar surface area (TPSA) is 55.4 Å². The van der Waals surface area contributed by atoms with E-state index in [-0.39, 0.29) is 32.1 Å². The van der Waals surface area contributed by atoms with Crippen molar-refractivity contribution in [2.24, 2.45) is 0 Å². The smallest absolute Gasteiger partial charge is 0.416 e. The van der Waals surface area contributed by atoms with Gasteiger partial charge in [0.2, 0.25) is 0 Å². The van der Waals surface area contributed by atoms with Crippen LogP contribution in [0.15, 0.2) is 47.4 Å². The maximum atomic E-state index is 12.7. The van der Waals surface area contributed by atoms with Crippen LogP contribution in [0.1, 0.15) is 18.1 Å². The Bertz CT molecular complexity index is 871. The second-order valence-corrected chi connectivity index (χ2v) is 8.44. The van der Waals surface area contributed by atoms with Gasteiger partial charge in [0.05, 0.1) is 5.56 Å². The minimum Gasteiger partial charge on any atom is -0.491 e. The van der Waals surface area contributed by atoms with E-state index in [1.165, 1.54) is 19.2 Å². The standard InChI is InChI=1S/C23H27F3O6S/c1-15-10-20(8-9-21(15)29-12-22-31-16(2)32-22)33-13-19(30-14-27-3)11-28-18-6-4-17(5-7-18)23(24,25)26/h4-10,16,19,22H,11-14H2,1-3H3/t16?,19-,22?/m0/s1. The summed E-state index contributed by atoms with van der Waals surface area (Å²) in [5, 5.41) is 0. The lowest BCUT2D eigenvalue weighted by atomic mass is 10.2. The Hall–Kier alpha value is -1.98. The van der Waals surface area contributed by atoms with E-state index in [0.29, 0.717) is 18.1 Å². The molecule has 3 rings (SSSR count). The molecule has 0 aromatic heterocycles. The highest BCUT2D eigenvalue weighted by atomic mass is 32.2. The van der Waals surface area contributed by atoms with Gasteiger partial charge in [-0.3, -0.25) is 0 Å². The summed E-state index contributed by atoms with van der Waals surface area (Å²) in [4.78, 5) is 1.02. The first-order chi connectivity index (χ1) is 15.7. The number of thioether (sulfide) groups is 1. The molecule has 33 heavy (non-hydrogen) atoms. The maximum absolute atomic E-state index is 12.7. The summed E-state index contributed by atoms with van der Waals surface area (Å²) in [6.07, 6.45) is -5.23. The van der Waals surface area contributed by atoms with Gasteiger partial charge in [0.1, 0.15) is 37.6 Å². The second kappa shape index (κ2) is 11.9. The van der Waals surface area contributed by atoms with Crippen LogP contribution in [-0.2, 0) is 25.1 Å². The van der Waals surface area contributed by atoms with Crippen LogP contribution in [0.25, 0.3) is 0 Å². The molecule has 182 valence electrons.